The smallest absolute Gasteiger partial charge is 0.220 e. The molecule has 25 heavy (non-hydrogen) atoms. The van der Waals surface area contributed by atoms with Crippen LogP contribution in [0.4, 0.5) is 0 Å². The summed E-state index contributed by atoms with van der Waals surface area (Å²) in [5.74, 6) is 0.119. The molecule has 2 atom stereocenters. The highest BCUT2D eigenvalue weighted by Crippen LogP contribution is 2.44. The third kappa shape index (κ3) is 5.68. The molecule has 2 saturated heterocycles. The van der Waals surface area contributed by atoms with Crippen molar-refractivity contribution in [2.75, 3.05) is 26.3 Å². The Balaban J connectivity index is 1.43. The third-order valence-electron chi connectivity index (χ3n) is 5.84. The van der Waals surface area contributed by atoms with Crippen LogP contribution in [-0.4, -0.2) is 50.3 Å². The van der Waals surface area contributed by atoms with Gasteiger partial charge in [-0.25, -0.2) is 0 Å². The van der Waals surface area contributed by atoms with Crippen LogP contribution in [0.25, 0.3) is 0 Å². The molecule has 2 unspecified atom stereocenters. The predicted molar refractivity (Wildman–Crippen MR) is 94.1 cm³/mol. The summed E-state index contributed by atoms with van der Waals surface area (Å²) in [4.78, 5) is 24.8. The fourth-order valence-corrected chi connectivity index (χ4v) is 4.41. The van der Waals surface area contributed by atoms with E-state index >= 15 is 0 Å². The van der Waals surface area contributed by atoms with Crippen molar-refractivity contribution in [3.63, 3.8) is 0 Å². The molecule has 3 rings (SSSR count). The molecule has 0 aromatic rings. The van der Waals surface area contributed by atoms with Gasteiger partial charge in [-0.3, -0.25) is 9.59 Å². The molecule has 0 radical (unpaired) electrons. The van der Waals surface area contributed by atoms with Gasteiger partial charge in [-0.15, -0.1) is 0 Å². The van der Waals surface area contributed by atoms with Crippen molar-refractivity contribution in [2.45, 2.75) is 76.4 Å². The average molecular weight is 352 g/mol. The quantitative estimate of drug-likeness (QED) is 0.700. The molecule has 2 amide bonds. The minimum absolute atomic E-state index is 0.0596. The van der Waals surface area contributed by atoms with Gasteiger partial charge in [0.25, 0.3) is 0 Å². The van der Waals surface area contributed by atoms with Crippen LogP contribution in [0.15, 0.2) is 0 Å². The normalized spacial score (nSPS) is 28.2. The molecule has 2 aliphatic heterocycles. The lowest BCUT2D eigenvalue weighted by Crippen LogP contribution is -2.39. The molecule has 2 heterocycles. The monoisotopic (exact) mass is 352 g/mol. The molecule has 0 bridgehead atoms. The first-order chi connectivity index (χ1) is 12.2. The Morgan fingerprint density at radius 1 is 0.800 bits per heavy atom. The Hall–Kier alpha value is -1.14. The molecule has 1 aliphatic carbocycles. The molecule has 142 valence electrons. The van der Waals surface area contributed by atoms with E-state index in [0.717, 1.165) is 64.6 Å². The van der Waals surface area contributed by atoms with E-state index in [1.54, 1.807) is 0 Å². The highest BCUT2D eigenvalue weighted by molar-refractivity contribution is 5.80. The van der Waals surface area contributed by atoms with Gasteiger partial charge in [0.15, 0.2) is 0 Å². The van der Waals surface area contributed by atoms with Gasteiger partial charge in [-0.1, -0.05) is 12.8 Å². The second-order valence-electron chi connectivity index (χ2n) is 7.94. The minimum Gasteiger partial charge on any atom is -0.376 e. The van der Waals surface area contributed by atoms with E-state index in [1.807, 2.05) is 0 Å². The largest absolute Gasteiger partial charge is 0.376 e. The van der Waals surface area contributed by atoms with Crippen molar-refractivity contribution in [1.29, 1.82) is 0 Å². The zero-order valence-electron chi connectivity index (χ0n) is 15.2. The van der Waals surface area contributed by atoms with Gasteiger partial charge in [-0.2, -0.15) is 0 Å². The van der Waals surface area contributed by atoms with Gasteiger partial charge in [-0.05, 0) is 43.9 Å². The second-order valence-corrected chi connectivity index (χ2v) is 7.94. The number of carbonyl (C=O) groups is 2. The van der Waals surface area contributed by atoms with Crippen LogP contribution in [0, 0.1) is 5.41 Å². The Morgan fingerprint density at radius 2 is 1.28 bits per heavy atom. The van der Waals surface area contributed by atoms with Crippen molar-refractivity contribution >= 4 is 11.8 Å². The number of ether oxygens (including phenoxy) is 2. The molecule has 6 heteroatoms. The van der Waals surface area contributed by atoms with E-state index in [1.165, 1.54) is 0 Å². The van der Waals surface area contributed by atoms with Gasteiger partial charge in [0.1, 0.15) is 0 Å². The van der Waals surface area contributed by atoms with E-state index in [2.05, 4.69) is 10.6 Å². The lowest BCUT2D eigenvalue weighted by molar-refractivity contribution is -0.127. The number of rotatable bonds is 8. The number of amides is 2. The highest BCUT2D eigenvalue weighted by Gasteiger charge is 2.38. The molecule has 0 spiro atoms. The molecular weight excluding hydrogens is 320 g/mol. The lowest BCUT2D eigenvalue weighted by Gasteiger charge is -2.28. The van der Waals surface area contributed by atoms with E-state index in [9.17, 15) is 9.59 Å². The molecule has 2 N–H and O–H groups in total. The summed E-state index contributed by atoms with van der Waals surface area (Å²) in [6, 6.07) is 0. The molecule has 0 aromatic carbocycles. The molecule has 3 aliphatic rings. The van der Waals surface area contributed by atoms with E-state index in [0.29, 0.717) is 25.9 Å². The first-order valence-electron chi connectivity index (χ1n) is 9.92. The molecule has 0 aromatic heterocycles. The van der Waals surface area contributed by atoms with Crippen molar-refractivity contribution < 1.29 is 19.1 Å². The second kappa shape index (κ2) is 8.99. The first kappa shape index (κ1) is 18.6. The maximum Gasteiger partial charge on any atom is 0.220 e. The van der Waals surface area contributed by atoms with Crippen LogP contribution in [0.5, 0.6) is 0 Å². The summed E-state index contributed by atoms with van der Waals surface area (Å²) >= 11 is 0. The predicted octanol–water partition coefficient (Wildman–Crippen LogP) is 1.92. The number of hydrogen-bond acceptors (Lipinski definition) is 4. The van der Waals surface area contributed by atoms with Gasteiger partial charge in [0, 0.05) is 39.1 Å². The van der Waals surface area contributed by atoms with Crippen molar-refractivity contribution in [3.05, 3.63) is 0 Å². The third-order valence-corrected chi connectivity index (χ3v) is 5.84. The average Bonchev–Trinajstić information content (AvgIpc) is 3.34. The molecule has 1 saturated carbocycles. The number of carbonyl (C=O) groups excluding carboxylic acids is 2. The summed E-state index contributed by atoms with van der Waals surface area (Å²) in [5, 5.41) is 6.02. The number of hydrogen-bond donors (Lipinski definition) is 2. The zero-order chi connectivity index (χ0) is 17.5. The number of nitrogens with one attached hydrogen (secondary N) is 2. The topological polar surface area (TPSA) is 76.7 Å². The zero-order valence-corrected chi connectivity index (χ0v) is 15.2. The standard InChI is InChI=1S/C19H32N2O4/c22-17(20-13-15-5-3-9-24-15)11-19(7-1-2-8-19)12-18(23)21-14-16-6-4-10-25-16/h15-16H,1-14H2,(H,20,22)(H,21,23). The molecule has 3 fully saturated rings. The van der Waals surface area contributed by atoms with E-state index in [4.69, 9.17) is 9.47 Å². The summed E-state index contributed by atoms with van der Waals surface area (Å²) < 4.78 is 11.1. The van der Waals surface area contributed by atoms with Crippen LogP contribution in [-0.2, 0) is 19.1 Å². The summed E-state index contributed by atoms with van der Waals surface area (Å²) in [5.41, 5.74) is -0.165. The Labute approximate surface area is 150 Å². The van der Waals surface area contributed by atoms with E-state index < -0.39 is 0 Å². The summed E-state index contributed by atoms with van der Waals surface area (Å²) in [6.45, 7) is 2.80. The molecular formula is C19H32N2O4. The van der Waals surface area contributed by atoms with Gasteiger partial charge < -0.3 is 20.1 Å². The van der Waals surface area contributed by atoms with Gasteiger partial charge in [0.05, 0.1) is 12.2 Å². The first-order valence-corrected chi connectivity index (χ1v) is 9.92. The van der Waals surface area contributed by atoms with Gasteiger partial charge in [0.2, 0.25) is 11.8 Å². The van der Waals surface area contributed by atoms with Crippen LogP contribution in [0.3, 0.4) is 0 Å². The van der Waals surface area contributed by atoms with Crippen LogP contribution >= 0.6 is 0 Å². The van der Waals surface area contributed by atoms with Gasteiger partial charge >= 0.3 is 0 Å². The summed E-state index contributed by atoms with van der Waals surface area (Å²) in [7, 11) is 0. The maximum atomic E-state index is 12.4. The fourth-order valence-electron chi connectivity index (χ4n) is 4.41. The van der Waals surface area contributed by atoms with Crippen LogP contribution < -0.4 is 10.6 Å². The van der Waals surface area contributed by atoms with Crippen LogP contribution in [0.1, 0.15) is 64.2 Å². The fraction of sp³-hybridized carbons (Fsp3) is 0.895. The Morgan fingerprint density at radius 3 is 1.68 bits per heavy atom. The maximum absolute atomic E-state index is 12.4. The van der Waals surface area contributed by atoms with Crippen molar-refractivity contribution in [1.82, 2.24) is 10.6 Å². The minimum atomic E-state index is -0.165. The van der Waals surface area contributed by atoms with Crippen molar-refractivity contribution in [3.8, 4) is 0 Å². The van der Waals surface area contributed by atoms with Crippen molar-refractivity contribution in [2.24, 2.45) is 5.41 Å². The summed E-state index contributed by atoms with van der Waals surface area (Å²) in [6.07, 6.45) is 9.59. The van der Waals surface area contributed by atoms with E-state index in [-0.39, 0.29) is 29.4 Å². The Kier molecular flexibility index (Phi) is 6.70. The Bertz CT molecular complexity index is 414. The van der Waals surface area contributed by atoms with Crippen LogP contribution in [0.2, 0.25) is 0 Å². The highest BCUT2D eigenvalue weighted by atomic mass is 16.5. The SMILES string of the molecule is O=C(CC1(CC(=O)NCC2CCCO2)CCCC1)NCC1CCCO1. The lowest BCUT2D eigenvalue weighted by atomic mass is 9.79. The molecule has 6 nitrogen and oxygen atoms in total.